The molecule has 1 aliphatic heterocycles. The van der Waals surface area contributed by atoms with Crippen LogP contribution in [0, 0.1) is 0 Å². The van der Waals surface area contributed by atoms with E-state index in [1.54, 1.807) is 0 Å². The molecule has 1 aliphatic rings. The molecule has 0 saturated carbocycles. The minimum absolute atomic E-state index is 0.0624. The lowest BCUT2D eigenvalue weighted by atomic mass is 9.96. The van der Waals surface area contributed by atoms with Crippen molar-refractivity contribution in [3.05, 3.63) is 0 Å². The summed E-state index contributed by atoms with van der Waals surface area (Å²) in [4.78, 5) is 23.5. The first-order valence-corrected chi connectivity index (χ1v) is 4.55. The third-order valence-corrected chi connectivity index (χ3v) is 2.56. The monoisotopic (exact) mass is 185 g/mol. The number of likely N-dealkylation sites (tertiary alicyclic amines) is 1. The van der Waals surface area contributed by atoms with Crippen molar-refractivity contribution in [2.75, 3.05) is 0 Å². The van der Waals surface area contributed by atoms with E-state index in [9.17, 15) is 9.59 Å². The van der Waals surface area contributed by atoms with Gasteiger partial charge in [0.05, 0.1) is 0 Å². The van der Waals surface area contributed by atoms with Gasteiger partial charge in [0.1, 0.15) is 6.04 Å². The maximum absolute atomic E-state index is 11.2. The smallest absolute Gasteiger partial charge is 0.326 e. The van der Waals surface area contributed by atoms with E-state index in [-0.39, 0.29) is 11.9 Å². The first-order valence-electron chi connectivity index (χ1n) is 4.55. The molecule has 4 nitrogen and oxygen atoms in total. The van der Waals surface area contributed by atoms with E-state index in [1.807, 2.05) is 6.92 Å². The number of carboxylic acid groups (broad SMARTS) is 1. The third kappa shape index (κ3) is 1.99. The summed E-state index contributed by atoms with van der Waals surface area (Å²) in [6.45, 7) is 3.33. The minimum atomic E-state index is -0.887. The Bertz CT molecular complexity index is 227. The number of hydrogen-bond acceptors (Lipinski definition) is 2. The van der Waals surface area contributed by atoms with Crippen molar-refractivity contribution in [3.63, 3.8) is 0 Å². The summed E-state index contributed by atoms with van der Waals surface area (Å²) >= 11 is 0. The second-order valence-corrected chi connectivity index (χ2v) is 3.56. The highest BCUT2D eigenvalue weighted by atomic mass is 16.4. The standard InChI is InChI=1S/C9H15NO3/c1-6-4-3-5-8(9(12)13)10(6)7(2)11/h6,8H,3-5H2,1-2H3,(H,12,13)/t6-,8-/m1/s1. The van der Waals surface area contributed by atoms with Gasteiger partial charge >= 0.3 is 5.97 Å². The van der Waals surface area contributed by atoms with E-state index >= 15 is 0 Å². The molecule has 74 valence electrons. The highest BCUT2D eigenvalue weighted by Gasteiger charge is 2.34. The topological polar surface area (TPSA) is 57.6 Å². The van der Waals surface area contributed by atoms with E-state index in [0.29, 0.717) is 6.42 Å². The molecule has 0 aromatic heterocycles. The number of amides is 1. The Morgan fingerprint density at radius 2 is 2.00 bits per heavy atom. The highest BCUT2D eigenvalue weighted by Crippen LogP contribution is 2.22. The maximum Gasteiger partial charge on any atom is 0.326 e. The maximum atomic E-state index is 11.2. The van der Waals surface area contributed by atoms with Gasteiger partial charge in [-0.3, -0.25) is 4.79 Å². The molecular weight excluding hydrogens is 170 g/mol. The zero-order valence-electron chi connectivity index (χ0n) is 7.99. The van der Waals surface area contributed by atoms with Gasteiger partial charge < -0.3 is 10.0 Å². The molecule has 4 heteroatoms. The van der Waals surface area contributed by atoms with Crippen LogP contribution >= 0.6 is 0 Å². The summed E-state index contributed by atoms with van der Waals surface area (Å²) in [6, 6.07) is -0.548. The SMILES string of the molecule is CC(=O)N1[C@H](C)CCC[C@@H]1C(=O)O. The highest BCUT2D eigenvalue weighted by molar-refractivity contribution is 5.82. The van der Waals surface area contributed by atoms with Crippen molar-refractivity contribution in [1.29, 1.82) is 0 Å². The van der Waals surface area contributed by atoms with Crippen LogP contribution in [0.5, 0.6) is 0 Å². The van der Waals surface area contributed by atoms with Gasteiger partial charge in [-0.25, -0.2) is 4.79 Å². The molecule has 0 spiro atoms. The Kier molecular flexibility index (Phi) is 2.90. The van der Waals surface area contributed by atoms with E-state index < -0.39 is 12.0 Å². The molecule has 13 heavy (non-hydrogen) atoms. The first kappa shape index (κ1) is 10.0. The molecule has 1 heterocycles. The van der Waals surface area contributed by atoms with Gasteiger partial charge in [0.15, 0.2) is 0 Å². The molecule has 1 fully saturated rings. The molecule has 2 atom stereocenters. The zero-order valence-corrected chi connectivity index (χ0v) is 7.99. The number of carboxylic acids is 1. The third-order valence-electron chi connectivity index (χ3n) is 2.56. The number of aliphatic carboxylic acids is 1. The van der Waals surface area contributed by atoms with Crippen molar-refractivity contribution in [1.82, 2.24) is 4.90 Å². The van der Waals surface area contributed by atoms with E-state index in [4.69, 9.17) is 5.11 Å². The van der Waals surface area contributed by atoms with E-state index in [0.717, 1.165) is 12.8 Å². The summed E-state index contributed by atoms with van der Waals surface area (Å²) in [5, 5.41) is 8.88. The van der Waals surface area contributed by atoms with Crippen LogP contribution in [0.4, 0.5) is 0 Å². The Hall–Kier alpha value is -1.06. The van der Waals surface area contributed by atoms with E-state index in [1.165, 1.54) is 11.8 Å². The molecule has 0 radical (unpaired) electrons. The average molecular weight is 185 g/mol. The predicted octanol–water partition coefficient (Wildman–Crippen LogP) is 0.861. The van der Waals surface area contributed by atoms with Crippen LogP contribution in [0.3, 0.4) is 0 Å². The second kappa shape index (κ2) is 3.77. The molecule has 0 unspecified atom stereocenters. The molecule has 0 bridgehead atoms. The molecule has 1 saturated heterocycles. The fourth-order valence-corrected chi connectivity index (χ4v) is 1.96. The average Bonchev–Trinajstić information content (AvgIpc) is 2.02. The number of piperidine rings is 1. The lowest BCUT2D eigenvalue weighted by Gasteiger charge is -2.37. The lowest BCUT2D eigenvalue weighted by Crippen LogP contribution is -2.51. The fraction of sp³-hybridized carbons (Fsp3) is 0.778. The van der Waals surface area contributed by atoms with Crippen LogP contribution in [0.1, 0.15) is 33.1 Å². The van der Waals surface area contributed by atoms with Gasteiger partial charge in [-0.15, -0.1) is 0 Å². The van der Waals surface area contributed by atoms with Crippen molar-refractivity contribution >= 4 is 11.9 Å². The van der Waals surface area contributed by atoms with Crippen LogP contribution in [0.15, 0.2) is 0 Å². The Morgan fingerprint density at radius 1 is 1.38 bits per heavy atom. The summed E-state index contributed by atoms with van der Waals surface area (Å²) in [5.74, 6) is -1.03. The lowest BCUT2D eigenvalue weighted by molar-refractivity contribution is -0.153. The number of carbonyl (C=O) groups excluding carboxylic acids is 1. The van der Waals surface area contributed by atoms with Crippen LogP contribution in [0.25, 0.3) is 0 Å². The van der Waals surface area contributed by atoms with Crippen LogP contribution in [-0.2, 0) is 9.59 Å². The molecule has 0 aliphatic carbocycles. The van der Waals surface area contributed by atoms with Crippen LogP contribution in [-0.4, -0.2) is 34.0 Å². The zero-order chi connectivity index (χ0) is 10.0. The number of carbonyl (C=O) groups is 2. The largest absolute Gasteiger partial charge is 0.480 e. The van der Waals surface area contributed by atoms with Crippen LogP contribution < -0.4 is 0 Å². The van der Waals surface area contributed by atoms with Crippen molar-refractivity contribution < 1.29 is 14.7 Å². The van der Waals surface area contributed by atoms with E-state index in [2.05, 4.69) is 0 Å². The molecule has 1 rings (SSSR count). The van der Waals surface area contributed by atoms with Gasteiger partial charge in [0, 0.05) is 13.0 Å². The van der Waals surface area contributed by atoms with Crippen molar-refractivity contribution in [2.45, 2.75) is 45.2 Å². The van der Waals surface area contributed by atoms with Crippen molar-refractivity contribution in [3.8, 4) is 0 Å². The van der Waals surface area contributed by atoms with Gasteiger partial charge in [0.25, 0.3) is 0 Å². The van der Waals surface area contributed by atoms with Crippen molar-refractivity contribution in [2.24, 2.45) is 0 Å². The van der Waals surface area contributed by atoms with Gasteiger partial charge in [0.2, 0.25) is 5.91 Å². The second-order valence-electron chi connectivity index (χ2n) is 3.56. The summed E-state index contributed by atoms with van der Waals surface area (Å²) < 4.78 is 0. The quantitative estimate of drug-likeness (QED) is 0.659. The molecule has 0 aromatic carbocycles. The molecular formula is C9H15NO3. The number of hydrogen-bond donors (Lipinski definition) is 1. The molecule has 1 N–H and O–H groups in total. The molecule has 0 aromatic rings. The summed E-state index contributed by atoms with van der Waals surface area (Å²) in [5.41, 5.74) is 0. The van der Waals surface area contributed by atoms with Gasteiger partial charge in [-0.2, -0.15) is 0 Å². The molecule has 1 amide bonds. The minimum Gasteiger partial charge on any atom is -0.480 e. The number of nitrogens with zero attached hydrogens (tertiary/aromatic N) is 1. The fourth-order valence-electron chi connectivity index (χ4n) is 1.96. The number of rotatable bonds is 1. The Morgan fingerprint density at radius 3 is 2.38 bits per heavy atom. The van der Waals surface area contributed by atoms with Crippen LogP contribution in [0.2, 0.25) is 0 Å². The van der Waals surface area contributed by atoms with Gasteiger partial charge in [-0.1, -0.05) is 0 Å². The predicted molar refractivity (Wildman–Crippen MR) is 47.3 cm³/mol. The Labute approximate surface area is 77.5 Å². The van der Waals surface area contributed by atoms with Gasteiger partial charge in [-0.05, 0) is 26.2 Å². The normalized spacial score (nSPS) is 28.6. The summed E-state index contributed by atoms with van der Waals surface area (Å²) in [6.07, 6.45) is 2.38. The summed E-state index contributed by atoms with van der Waals surface area (Å²) in [7, 11) is 0. The Balaban J connectivity index is 2.80. The first-order chi connectivity index (χ1) is 6.04.